The van der Waals surface area contributed by atoms with Crippen LogP contribution in [-0.4, -0.2) is 53.3 Å². The van der Waals surface area contributed by atoms with Crippen LogP contribution in [0.5, 0.6) is 0 Å². The highest BCUT2D eigenvalue weighted by Gasteiger charge is 2.35. The monoisotopic (exact) mass is 415 g/mol. The maximum atomic E-state index is 12.7. The molecule has 154 valence electrons. The van der Waals surface area contributed by atoms with E-state index >= 15 is 0 Å². The van der Waals surface area contributed by atoms with Crippen LogP contribution in [0, 0.1) is 5.92 Å². The lowest BCUT2D eigenvalue weighted by Crippen LogP contribution is -2.31. The Morgan fingerprint density at radius 1 is 1.28 bits per heavy atom. The highest BCUT2D eigenvalue weighted by Crippen LogP contribution is 2.34. The number of rotatable bonds is 8. The van der Waals surface area contributed by atoms with Gasteiger partial charge in [-0.25, -0.2) is 0 Å². The van der Waals surface area contributed by atoms with Crippen molar-refractivity contribution in [1.82, 2.24) is 14.8 Å². The Labute approximate surface area is 174 Å². The number of hydrogen-bond acceptors (Lipinski definition) is 5. The molecule has 1 aliphatic heterocycles. The molecular formula is C21H25N3O4S. The van der Waals surface area contributed by atoms with Crippen molar-refractivity contribution in [2.75, 3.05) is 26.8 Å². The Morgan fingerprint density at radius 3 is 2.76 bits per heavy atom. The van der Waals surface area contributed by atoms with Gasteiger partial charge in [0, 0.05) is 42.9 Å². The number of para-hydroxylation sites is 1. The molecule has 2 aromatic rings. The number of carbonyl (C=O) groups is 3. The molecule has 8 heteroatoms. The molecule has 0 spiro atoms. The molecule has 1 aromatic heterocycles. The van der Waals surface area contributed by atoms with E-state index in [1.807, 2.05) is 48.9 Å². The predicted molar refractivity (Wildman–Crippen MR) is 114 cm³/mol. The summed E-state index contributed by atoms with van der Waals surface area (Å²) in [7, 11) is 1.58. The quantitative estimate of drug-likeness (QED) is 0.529. The largest absolute Gasteiger partial charge is 0.383 e. The number of fused-ring (bicyclic) bond motifs is 1. The van der Waals surface area contributed by atoms with Crippen LogP contribution in [0.1, 0.15) is 19.4 Å². The molecule has 1 aromatic carbocycles. The summed E-state index contributed by atoms with van der Waals surface area (Å²) in [6, 6.07) is 7.69. The fourth-order valence-corrected chi connectivity index (χ4v) is 4.03. The number of nitrogens with zero attached hydrogens (tertiary/aromatic N) is 2. The predicted octanol–water partition coefficient (Wildman–Crippen LogP) is 3.10. The minimum absolute atomic E-state index is 0.119. The van der Waals surface area contributed by atoms with Crippen LogP contribution in [-0.2, 0) is 20.9 Å². The lowest BCUT2D eigenvalue weighted by molar-refractivity contribution is -0.123. The van der Waals surface area contributed by atoms with Gasteiger partial charge < -0.3 is 14.6 Å². The molecule has 3 amide bonds. The molecule has 0 radical (unpaired) electrons. The Kier molecular flexibility index (Phi) is 6.76. The molecule has 1 fully saturated rings. The van der Waals surface area contributed by atoms with Gasteiger partial charge in [-0.15, -0.1) is 0 Å². The van der Waals surface area contributed by atoms with Crippen molar-refractivity contribution in [3.05, 3.63) is 40.9 Å². The van der Waals surface area contributed by atoms with Gasteiger partial charge in [-0.1, -0.05) is 32.0 Å². The number of benzene rings is 1. The van der Waals surface area contributed by atoms with Gasteiger partial charge in [-0.05, 0) is 29.8 Å². The van der Waals surface area contributed by atoms with Crippen LogP contribution in [0.2, 0.25) is 0 Å². The van der Waals surface area contributed by atoms with Gasteiger partial charge >= 0.3 is 0 Å². The summed E-state index contributed by atoms with van der Waals surface area (Å²) < 4.78 is 6.80. The van der Waals surface area contributed by atoms with Crippen LogP contribution >= 0.6 is 11.8 Å². The molecule has 0 saturated carbocycles. The van der Waals surface area contributed by atoms with Gasteiger partial charge in [0.05, 0.1) is 11.5 Å². The number of aromatic nitrogens is 1. The number of imide groups is 1. The molecule has 7 nitrogen and oxygen atoms in total. The maximum absolute atomic E-state index is 12.7. The van der Waals surface area contributed by atoms with Crippen LogP contribution in [0.4, 0.5) is 4.79 Å². The Hall–Kier alpha value is -2.58. The van der Waals surface area contributed by atoms with Gasteiger partial charge in [-0.3, -0.25) is 19.3 Å². The first-order valence-electron chi connectivity index (χ1n) is 9.49. The van der Waals surface area contributed by atoms with Crippen LogP contribution in [0.3, 0.4) is 0 Å². The van der Waals surface area contributed by atoms with E-state index in [4.69, 9.17) is 4.74 Å². The SMILES string of the molecule is COCCNC(=O)Cn1cc(/C=C2\SC(=O)N(CC(C)C)C2=O)c2ccccc21. The standard InChI is InChI=1S/C21H25N3O4S/c1-14(2)11-24-20(26)18(29-21(24)27)10-15-12-23(13-19(25)22-8-9-28-3)17-7-5-4-6-16(15)17/h4-7,10,12,14H,8-9,11,13H2,1-3H3,(H,22,25)/b18-10-. The summed E-state index contributed by atoms with van der Waals surface area (Å²) in [6.45, 7) is 5.41. The summed E-state index contributed by atoms with van der Waals surface area (Å²) in [4.78, 5) is 38.8. The normalized spacial score (nSPS) is 15.9. The molecule has 3 rings (SSSR count). The molecule has 1 aliphatic rings. The van der Waals surface area contributed by atoms with Crippen molar-refractivity contribution in [2.24, 2.45) is 5.92 Å². The second kappa shape index (κ2) is 9.28. The van der Waals surface area contributed by atoms with E-state index in [0.717, 1.165) is 28.2 Å². The van der Waals surface area contributed by atoms with E-state index in [1.165, 1.54) is 4.90 Å². The molecule has 0 atom stereocenters. The molecule has 0 unspecified atom stereocenters. The molecule has 1 saturated heterocycles. The van der Waals surface area contributed by atoms with Gasteiger partial charge in [0.15, 0.2) is 0 Å². The van der Waals surface area contributed by atoms with Gasteiger partial charge in [0.1, 0.15) is 6.54 Å². The summed E-state index contributed by atoms with van der Waals surface area (Å²) in [5, 5.41) is 3.49. The first kappa shape index (κ1) is 21.1. The molecule has 1 N–H and O–H groups in total. The second-order valence-electron chi connectivity index (χ2n) is 7.26. The molecule has 0 bridgehead atoms. The fourth-order valence-electron chi connectivity index (χ4n) is 3.19. The van der Waals surface area contributed by atoms with E-state index in [2.05, 4.69) is 5.32 Å². The van der Waals surface area contributed by atoms with Crippen molar-refractivity contribution >= 4 is 45.8 Å². The van der Waals surface area contributed by atoms with Crippen molar-refractivity contribution < 1.29 is 19.1 Å². The summed E-state index contributed by atoms with van der Waals surface area (Å²) in [6.07, 6.45) is 3.59. The highest BCUT2D eigenvalue weighted by atomic mass is 32.2. The minimum Gasteiger partial charge on any atom is -0.383 e. The Morgan fingerprint density at radius 2 is 2.03 bits per heavy atom. The second-order valence-corrected chi connectivity index (χ2v) is 8.25. The average molecular weight is 416 g/mol. The van der Waals surface area contributed by atoms with Crippen molar-refractivity contribution in [3.8, 4) is 0 Å². The van der Waals surface area contributed by atoms with Crippen LogP contribution < -0.4 is 5.32 Å². The number of hydrogen-bond donors (Lipinski definition) is 1. The first-order chi connectivity index (χ1) is 13.9. The minimum atomic E-state index is -0.261. The third-order valence-corrected chi connectivity index (χ3v) is 5.38. The first-order valence-corrected chi connectivity index (χ1v) is 10.3. The lowest BCUT2D eigenvalue weighted by atomic mass is 10.1. The van der Waals surface area contributed by atoms with Gasteiger partial charge in [0.2, 0.25) is 5.91 Å². The van der Waals surface area contributed by atoms with Crippen molar-refractivity contribution in [1.29, 1.82) is 0 Å². The zero-order chi connectivity index (χ0) is 21.0. The molecule has 29 heavy (non-hydrogen) atoms. The van der Waals surface area contributed by atoms with E-state index in [1.54, 1.807) is 13.2 Å². The van der Waals surface area contributed by atoms with Crippen LogP contribution in [0.25, 0.3) is 17.0 Å². The van der Waals surface area contributed by atoms with Crippen LogP contribution in [0.15, 0.2) is 35.4 Å². The zero-order valence-electron chi connectivity index (χ0n) is 16.8. The topological polar surface area (TPSA) is 80.6 Å². The average Bonchev–Trinajstić information content (AvgIpc) is 3.14. The van der Waals surface area contributed by atoms with E-state index in [0.29, 0.717) is 24.6 Å². The number of ether oxygens (including phenoxy) is 1. The number of nitrogens with one attached hydrogen (secondary N) is 1. The van der Waals surface area contributed by atoms with E-state index in [9.17, 15) is 14.4 Å². The summed E-state index contributed by atoms with van der Waals surface area (Å²) >= 11 is 0.960. The fraction of sp³-hybridized carbons (Fsp3) is 0.381. The zero-order valence-corrected chi connectivity index (χ0v) is 17.6. The van der Waals surface area contributed by atoms with Gasteiger partial charge in [0.25, 0.3) is 11.1 Å². The number of carbonyl (C=O) groups excluding carboxylic acids is 3. The van der Waals surface area contributed by atoms with Gasteiger partial charge in [-0.2, -0.15) is 0 Å². The number of methoxy groups -OCH3 is 1. The number of amides is 3. The molecule has 0 aliphatic carbocycles. The van der Waals surface area contributed by atoms with Crippen molar-refractivity contribution in [2.45, 2.75) is 20.4 Å². The molecular weight excluding hydrogens is 390 g/mol. The lowest BCUT2D eigenvalue weighted by Gasteiger charge is -2.14. The smallest absolute Gasteiger partial charge is 0.293 e. The third-order valence-electron chi connectivity index (χ3n) is 4.47. The third kappa shape index (κ3) is 4.89. The maximum Gasteiger partial charge on any atom is 0.293 e. The number of thioether (sulfide) groups is 1. The highest BCUT2D eigenvalue weighted by molar-refractivity contribution is 8.18. The Balaban J connectivity index is 1.87. The van der Waals surface area contributed by atoms with E-state index in [-0.39, 0.29) is 29.5 Å². The Bertz CT molecular complexity index is 964. The molecule has 2 heterocycles. The summed E-state index contributed by atoms with van der Waals surface area (Å²) in [5.41, 5.74) is 1.70. The van der Waals surface area contributed by atoms with E-state index < -0.39 is 0 Å². The van der Waals surface area contributed by atoms with Crippen molar-refractivity contribution in [3.63, 3.8) is 0 Å². The summed E-state index contributed by atoms with van der Waals surface area (Å²) in [5.74, 6) is -0.171.